The molecule has 0 saturated carbocycles. The zero-order valence-electron chi connectivity index (χ0n) is 11.0. The Kier molecular flexibility index (Phi) is 8.13. The molecule has 2 nitrogen and oxygen atoms in total. The van der Waals surface area contributed by atoms with Crippen LogP contribution in [0.2, 0.25) is 0 Å². The van der Waals surface area contributed by atoms with Gasteiger partial charge in [-0.15, -0.1) is 11.8 Å². The molecule has 0 saturated heterocycles. The highest BCUT2D eigenvalue weighted by molar-refractivity contribution is 8.07. The first-order valence-electron chi connectivity index (χ1n) is 5.87. The van der Waals surface area contributed by atoms with Gasteiger partial charge in [-0.3, -0.25) is 4.79 Å². The smallest absolute Gasteiger partial charge is 0.246 e. The molecule has 0 radical (unpaired) electrons. The van der Waals surface area contributed by atoms with E-state index >= 15 is 0 Å². The Hall–Kier alpha value is -0.0100. The number of carbonyl (C=O) groups is 1. The molecule has 16 heavy (non-hydrogen) atoms. The quantitative estimate of drug-likeness (QED) is 0.314. The zero-order chi connectivity index (χ0) is 12.6. The summed E-state index contributed by atoms with van der Waals surface area (Å²) in [5.41, 5.74) is 1.82. The van der Waals surface area contributed by atoms with Crippen LogP contribution in [0.4, 0.5) is 0 Å². The van der Waals surface area contributed by atoms with Crippen LogP contribution in [-0.2, 0) is 4.79 Å². The molecule has 0 aromatic carbocycles. The second kappa shape index (κ2) is 8.14. The second-order valence-corrected chi connectivity index (χ2v) is 10.4. The number of carbonyl (C=O) groups excluding carboxylic acids is 1. The van der Waals surface area contributed by atoms with Gasteiger partial charge in [-0.05, 0) is 27.7 Å². The van der Waals surface area contributed by atoms with Gasteiger partial charge in [0.25, 0.3) is 0 Å². The van der Waals surface area contributed by atoms with Crippen LogP contribution in [0.15, 0.2) is 12.2 Å². The highest BCUT2D eigenvalue weighted by atomic mass is 32.2. The highest BCUT2D eigenvalue weighted by Gasteiger charge is 2.30. The van der Waals surface area contributed by atoms with E-state index in [9.17, 15) is 4.79 Å². The Bertz CT molecular complexity index is 231. The molecule has 0 aliphatic rings. The average molecular weight is 262 g/mol. The fourth-order valence-electron chi connectivity index (χ4n) is 1.45. The first-order valence-corrected chi connectivity index (χ1v) is 9.56. The lowest BCUT2D eigenvalue weighted by Crippen LogP contribution is -2.23. The van der Waals surface area contributed by atoms with Crippen molar-refractivity contribution in [2.24, 2.45) is 0 Å². The maximum atomic E-state index is 11.3. The van der Waals surface area contributed by atoms with Crippen molar-refractivity contribution in [1.82, 2.24) is 5.32 Å². The van der Waals surface area contributed by atoms with Crippen LogP contribution >= 0.6 is 19.0 Å². The molecular formula is C12H25NOPS+. The van der Waals surface area contributed by atoms with Crippen LogP contribution in [0.5, 0.6) is 0 Å². The third kappa shape index (κ3) is 5.36. The summed E-state index contributed by atoms with van der Waals surface area (Å²) in [6.07, 6.45) is 3.96. The molecule has 1 amide bonds. The average Bonchev–Trinajstić information content (AvgIpc) is 2.30. The van der Waals surface area contributed by atoms with E-state index in [1.54, 1.807) is 6.92 Å². The lowest BCUT2D eigenvalue weighted by Gasteiger charge is -2.22. The molecule has 94 valence electrons. The predicted molar refractivity (Wildman–Crippen MR) is 78.8 cm³/mol. The standard InChI is InChI=1S/C12H24NOPS/c1-6-15(7-2,8-3)10-16-9-13-12(14)11(4)5/h4,6-10H2,1-3,5H3/p+1. The molecular weight excluding hydrogens is 237 g/mol. The Balaban J connectivity index is 3.88. The molecule has 0 atom stereocenters. The summed E-state index contributed by atoms with van der Waals surface area (Å²) in [5, 5.41) is 2.87. The first-order chi connectivity index (χ1) is 7.51. The van der Waals surface area contributed by atoms with Crippen molar-refractivity contribution in [2.45, 2.75) is 27.7 Å². The van der Waals surface area contributed by atoms with Gasteiger partial charge >= 0.3 is 0 Å². The van der Waals surface area contributed by atoms with Crippen LogP contribution in [0.1, 0.15) is 27.7 Å². The summed E-state index contributed by atoms with van der Waals surface area (Å²) in [7, 11) is -0.733. The second-order valence-electron chi connectivity index (χ2n) is 4.05. The number of thioether (sulfide) groups is 1. The van der Waals surface area contributed by atoms with E-state index in [0.717, 1.165) is 0 Å². The van der Waals surface area contributed by atoms with Crippen LogP contribution in [0.25, 0.3) is 0 Å². The van der Waals surface area contributed by atoms with Crippen molar-refractivity contribution in [3.63, 3.8) is 0 Å². The zero-order valence-corrected chi connectivity index (χ0v) is 12.7. The molecule has 0 heterocycles. The van der Waals surface area contributed by atoms with Gasteiger partial charge in [0, 0.05) is 12.8 Å². The van der Waals surface area contributed by atoms with Crippen molar-refractivity contribution in [2.75, 3.05) is 29.9 Å². The van der Waals surface area contributed by atoms with Gasteiger partial charge in [0.15, 0.2) is 0 Å². The monoisotopic (exact) mass is 262 g/mol. The molecule has 0 bridgehead atoms. The maximum Gasteiger partial charge on any atom is 0.246 e. The van der Waals surface area contributed by atoms with Gasteiger partial charge in [-0.1, -0.05) is 6.58 Å². The molecule has 0 unspecified atom stereocenters. The van der Waals surface area contributed by atoms with Crippen LogP contribution < -0.4 is 5.32 Å². The molecule has 0 fully saturated rings. The van der Waals surface area contributed by atoms with Gasteiger partial charge in [-0.25, -0.2) is 0 Å². The number of hydrogen-bond acceptors (Lipinski definition) is 2. The normalized spacial score (nSPS) is 11.2. The topological polar surface area (TPSA) is 29.1 Å². The van der Waals surface area contributed by atoms with E-state index in [1.165, 1.54) is 24.0 Å². The van der Waals surface area contributed by atoms with Crippen molar-refractivity contribution >= 4 is 24.9 Å². The van der Waals surface area contributed by atoms with E-state index in [4.69, 9.17) is 0 Å². The van der Waals surface area contributed by atoms with Crippen molar-refractivity contribution in [3.05, 3.63) is 12.2 Å². The summed E-state index contributed by atoms with van der Waals surface area (Å²) in [5.74, 6) is 0.689. The van der Waals surface area contributed by atoms with Crippen LogP contribution in [-0.4, -0.2) is 35.8 Å². The molecule has 1 N–H and O–H groups in total. The fraction of sp³-hybridized carbons (Fsp3) is 0.750. The minimum absolute atomic E-state index is 0.0269. The van der Waals surface area contributed by atoms with E-state index in [0.29, 0.717) is 11.4 Å². The SMILES string of the molecule is C=C(C)C(=O)NCSC[P+](CC)(CC)CC. The minimum Gasteiger partial charge on any atom is -0.343 e. The third-order valence-corrected chi connectivity index (χ3v) is 10.4. The number of nitrogens with one attached hydrogen (secondary N) is 1. The van der Waals surface area contributed by atoms with Crippen molar-refractivity contribution in [1.29, 1.82) is 0 Å². The van der Waals surface area contributed by atoms with Gasteiger partial charge in [0.05, 0.1) is 24.4 Å². The lowest BCUT2D eigenvalue weighted by atomic mass is 10.3. The summed E-state index contributed by atoms with van der Waals surface area (Å²) in [6, 6.07) is 0. The maximum absolute atomic E-state index is 11.3. The first kappa shape index (κ1) is 16.0. The summed E-state index contributed by atoms with van der Waals surface area (Å²) >= 11 is 1.86. The molecule has 0 aliphatic heterocycles. The molecule has 0 aliphatic carbocycles. The fourth-order valence-corrected chi connectivity index (χ4v) is 7.13. The predicted octanol–water partition coefficient (Wildman–Crippen LogP) is 3.40. The van der Waals surface area contributed by atoms with Crippen LogP contribution in [0.3, 0.4) is 0 Å². The largest absolute Gasteiger partial charge is 0.343 e. The third-order valence-electron chi connectivity index (χ3n) is 3.10. The summed E-state index contributed by atoms with van der Waals surface area (Å²) in [4.78, 5) is 11.3. The lowest BCUT2D eigenvalue weighted by molar-refractivity contribution is -0.117. The number of hydrogen-bond donors (Lipinski definition) is 1. The van der Waals surface area contributed by atoms with E-state index in [2.05, 4.69) is 32.7 Å². The van der Waals surface area contributed by atoms with Crippen molar-refractivity contribution in [3.8, 4) is 0 Å². The van der Waals surface area contributed by atoms with Crippen molar-refractivity contribution < 1.29 is 4.79 Å². The molecule has 0 aromatic rings. The molecule has 0 rings (SSSR count). The molecule has 4 heteroatoms. The van der Waals surface area contributed by atoms with E-state index < -0.39 is 7.26 Å². The van der Waals surface area contributed by atoms with Gasteiger partial charge in [0.2, 0.25) is 5.91 Å². The Morgan fingerprint density at radius 3 is 2.12 bits per heavy atom. The van der Waals surface area contributed by atoms with E-state index in [1.807, 2.05) is 11.8 Å². The minimum atomic E-state index is -0.733. The van der Waals surface area contributed by atoms with Gasteiger partial charge < -0.3 is 5.32 Å². The molecule has 0 spiro atoms. The van der Waals surface area contributed by atoms with Crippen LogP contribution in [0, 0.1) is 0 Å². The molecule has 0 aromatic heterocycles. The van der Waals surface area contributed by atoms with Gasteiger partial charge in [0.1, 0.15) is 5.49 Å². The number of amides is 1. The summed E-state index contributed by atoms with van der Waals surface area (Å²) in [6.45, 7) is 12.3. The summed E-state index contributed by atoms with van der Waals surface area (Å²) < 4.78 is 0. The Labute approximate surface area is 105 Å². The number of rotatable bonds is 8. The van der Waals surface area contributed by atoms with E-state index in [-0.39, 0.29) is 5.91 Å². The Morgan fingerprint density at radius 2 is 1.75 bits per heavy atom. The Morgan fingerprint density at radius 1 is 1.25 bits per heavy atom. The van der Waals surface area contributed by atoms with Gasteiger partial charge in [-0.2, -0.15) is 0 Å². The highest BCUT2D eigenvalue weighted by Crippen LogP contribution is 2.59.